The number of ether oxygens (including phenoxy) is 1. The molecule has 1 aromatic rings. The highest BCUT2D eigenvalue weighted by Gasteiger charge is 2.32. The number of carbonyl (C=O) groups excluding carboxylic acids is 1. The molecule has 3 nitrogen and oxygen atoms in total. The first-order chi connectivity index (χ1) is 8.61. The predicted molar refractivity (Wildman–Crippen MR) is 70.9 cm³/mol. The van der Waals surface area contributed by atoms with Crippen molar-refractivity contribution in [2.45, 2.75) is 25.9 Å². The molecule has 0 saturated carbocycles. The van der Waals surface area contributed by atoms with E-state index in [0.29, 0.717) is 16.8 Å². The molecule has 1 saturated heterocycles. The lowest BCUT2D eigenvalue weighted by atomic mass is 9.98. The number of amides is 1. The quantitative estimate of drug-likeness (QED) is 0.929. The van der Waals surface area contributed by atoms with Gasteiger partial charge in [0.25, 0.3) is 0 Å². The molecule has 0 bridgehead atoms. The Bertz CT molecular complexity index is 453. The summed E-state index contributed by atoms with van der Waals surface area (Å²) in [5.41, 5.74) is 0.474. The molecule has 1 aliphatic rings. The van der Waals surface area contributed by atoms with Gasteiger partial charge in [0.1, 0.15) is 5.82 Å². The maximum Gasteiger partial charge on any atom is 0.230 e. The van der Waals surface area contributed by atoms with Crippen LogP contribution in [0.15, 0.2) is 22.7 Å². The van der Waals surface area contributed by atoms with E-state index in [-0.39, 0.29) is 23.7 Å². The lowest BCUT2D eigenvalue weighted by Gasteiger charge is -2.16. The zero-order valence-corrected chi connectivity index (χ0v) is 11.7. The molecule has 1 amide bonds. The van der Waals surface area contributed by atoms with Crippen molar-refractivity contribution in [2.24, 2.45) is 5.92 Å². The molecular weight excluding hydrogens is 301 g/mol. The molecule has 1 aromatic carbocycles. The monoisotopic (exact) mass is 315 g/mol. The molecule has 0 spiro atoms. The summed E-state index contributed by atoms with van der Waals surface area (Å²) in [5.74, 6) is -0.620. The second-order valence-electron chi connectivity index (χ2n) is 4.33. The van der Waals surface area contributed by atoms with Gasteiger partial charge in [-0.3, -0.25) is 4.79 Å². The van der Waals surface area contributed by atoms with E-state index in [1.165, 1.54) is 6.07 Å². The average Bonchev–Trinajstić information content (AvgIpc) is 2.82. The minimum absolute atomic E-state index is 0.0229. The van der Waals surface area contributed by atoms with Crippen LogP contribution in [-0.2, 0) is 9.53 Å². The van der Waals surface area contributed by atoms with Crippen LogP contribution in [0.5, 0.6) is 0 Å². The largest absolute Gasteiger partial charge is 0.377 e. The van der Waals surface area contributed by atoms with Gasteiger partial charge in [-0.15, -0.1) is 0 Å². The molecule has 0 radical (unpaired) electrons. The highest BCUT2D eigenvalue weighted by Crippen LogP contribution is 2.26. The van der Waals surface area contributed by atoms with Crippen LogP contribution >= 0.6 is 15.9 Å². The van der Waals surface area contributed by atoms with E-state index in [1.807, 2.05) is 6.92 Å². The van der Waals surface area contributed by atoms with Crippen LogP contribution < -0.4 is 5.32 Å². The molecule has 0 aromatic heterocycles. The third kappa shape index (κ3) is 2.90. The third-order valence-electron chi connectivity index (χ3n) is 3.14. The van der Waals surface area contributed by atoms with Gasteiger partial charge in [0.2, 0.25) is 5.91 Å². The molecule has 1 aliphatic heterocycles. The van der Waals surface area contributed by atoms with Crippen molar-refractivity contribution in [3.8, 4) is 0 Å². The van der Waals surface area contributed by atoms with E-state index < -0.39 is 0 Å². The summed E-state index contributed by atoms with van der Waals surface area (Å²) in [6.07, 6.45) is 1.51. The normalized spacial score (nSPS) is 23.1. The van der Waals surface area contributed by atoms with Gasteiger partial charge in [-0.25, -0.2) is 4.39 Å². The Morgan fingerprint density at radius 3 is 3.06 bits per heavy atom. The van der Waals surface area contributed by atoms with Gasteiger partial charge in [0.15, 0.2) is 0 Å². The van der Waals surface area contributed by atoms with Crippen molar-refractivity contribution in [3.05, 3.63) is 28.5 Å². The molecule has 1 N–H and O–H groups in total. The number of rotatable bonds is 3. The molecule has 1 fully saturated rings. The summed E-state index contributed by atoms with van der Waals surface area (Å²) in [4.78, 5) is 12.1. The molecule has 1 heterocycles. The zero-order chi connectivity index (χ0) is 13.1. The van der Waals surface area contributed by atoms with Crippen LogP contribution in [0.1, 0.15) is 19.8 Å². The molecule has 98 valence electrons. The summed E-state index contributed by atoms with van der Waals surface area (Å²) < 4.78 is 19.2. The van der Waals surface area contributed by atoms with Gasteiger partial charge >= 0.3 is 0 Å². The Kier molecular flexibility index (Phi) is 4.35. The number of halogens is 2. The number of carbonyl (C=O) groups is 1. The summed E-state index contributed by atoms with van der Waals surface area (Å²) in [6, 6.07) is 4.55. The topological polar surface area (TPSA) is 38.3 Å². The number of benzene rings is 1. The fourth-order valence-corrected chi connectivity index (χ4v) is 2.41. The Morgan fingerprint density at radius 2 is 2.39 bits per heavy atom. The fraction of sp³-hybridized carbons (Fsp3) is 0.462. The fourth-order valence-electron chi connectivity index (χ4n) is 2.16. The van der Waals surface area contributed by atoms with Crippen molar-refractivity contribution in [2.75, 3.05) is 11.9 Å². The molecule has 5 heteroatoms. The second kappa shape index (κ2) is 5.80. The van der Waals surface area contributed by atoms with Gasteiger partial charge < -0.3 is 10.1 Å². The standard InChI is InChI=1S/C13H15BrFNO2/c1-2-12-9(5-6-18-12)13(17)16-8-3-4-10(14)11(15)7-8/h3-4,7,9,12H,2,5-6H2,1H3,(H,16,17). The van der Waals surface area contributed by atoms with Gasteiger partial charge in [-0.1, -0.05) is 6.92 Å². The Hall–Kier alpha value is -0.940. The minimum Gasteiger partial charge on any atom is -0.377 e. The SMILES string of the molecule is CCC1OCCC1C(=O)Nc1ccc(Br)c(F)c1. The number of nitrogens with one attached hydrogen (secondary N) is 1. The van der Waals surface area contributed by atoms with Gasteiger partial charge in [-0.2, -0.15) is 0 Å². The van der Waals surface area contributed by atoms with Crippen LogP contribution in [0.3, 0.4) is 0 Å². The van der Waals surface area contributed by atoms with Crippen LogP contribution in [0.2, 0.25) is 0 Å². The molecule has 18 heavy (non-hydrogen) atoms. The van der Waals surface area contributed by atoms with E-state index in [1.54, 1.807) is 12.1 Å². The maximum atomic E-state index is 13.3. The van der Waals surface area contributed by atoms with E-state index in [4.69, 9.17) is 4.74 Å². The van der Waals surface area contributed by atoms with Crippen molar-refractivity contribution in [3.63, 3.8) is 0 Å². The van der Waals surface area contributed by atoms with Crippen LogP contribution in [0, 0.1) is 11.7 Å². The summed E-state index contributed by atoms with van der Waals surface area (Å²) >= 11 is 3.07. The van der Waals surface area contributed by atoms with Gasteiger partial charge in [-0.05, 0) is 47.0 Å². The number of anilines is 1. The first kappa shape index (κ1) is 13.5. The molecule has 2 rings (SSSR count). The highest BCUT2D eigenvalue weighted by atomic mass is 79.9. The minimum atomic E-state index is -0.387. The van der Waals surface area contributed by atoms with E-state index >= 15 is 0 Å². The zero-order valence-electron chi connectivity index (χ0n) is 10.1. The van der Waals surface area contributed by atoms with Crippen LogP contribution in [0.25, 0.3) is 0 Å². The van der Waals surface area contributed by atoms with E-state index in [0.717, 1.165) is 12.8 Å². The predicted octanol–water partition coefficient (Wildman–Crippen LogP) is 3.34. The summed E-state index contributed by atoms with van der Waals surface area (Å²) in [5, 5.41) is 2.74. The Balaban J connectivity index is 2.04. The highest BCUT2D eigenvalue weighted by molar-refractivity contribution is 9.10. The second-order valence-corrected chi connectivity index (χ2v) is 5.19. The smallest absolute Gasteiger partial charge is 0.230 e. The Morgan fingerprint density at radius 1 is 1.61 bits per heavy atom. The van der Waals surface area contributed by atoms with Crippen molar-refractivity contribution in [1.82, 2.24) is 0 Å². The summed E-state index contributed by atoms with van der Waals surface area (Å²) in [7, 11) is 0. The maximum absolute atomic E-state index is 13.3. The third-order valence-corrected chi connectivity index (χ3v) is 3.78. The average molecular weight is 316 g/mol. The first-order valence-corrected chi connectivity index (χ1v) is 6.78. The number of hydrogen-bond acceptors (Lipinski definition) is 2. The lowest BCUT2D eigenvalue weighted by Crippen LogP contribution is -2.29. The molecular formula is C13H15BrFNO2. The number of hydrogen-bond donors (Lipinski definition) is 1. The van der Waals surface area contributed by atoms with Crippen LogP contribution in [0.4, 0.5) is 10.1 Å². The van der Waals surface area contributed by atoms with Crippen molar-refractivity contribution >= 4 is 27.5 Å². The lowest BCUT2D eigenvalue weighted by molar-refractivity contribution is -0.121. The Labute approximate surface area is 114 Å². The van der Waals surface area contributed by atoms with Crippen LogP contribution in [-0.4, -0.2) is 18.6 Å². The first-order valence-electron chi connectivity index (χ1n) is 5.99. The molecule has 2 unspecified atom stereocenters. The summed E-state index contributed by atoms with van der Waals surface area (Å²) in [6.45, 7) is 2.61. The van der Waals surface area contributed by atoms with E-state index in [2.05, 4.69) is 21.2 Å². The molecule has 0 aliphatic carbocycles. The molecule has 2 atom stereocenters. The van der Waals surface area contributed by atoms with Crippen molar-refractivity contribution < 1.29 is 13.9 Å². The van der Waals surface area contributed by atoms with Gasteiger partial charge in [0.05, 0.1) is 16.5 Å². The van der Waals surface area contributed by atoms with E-state index in [9.17, 15) is 9.18 Å². The van der Waals surface area contributed by atoms with Crippen molar-refractivity contribution in [1.29, 1.82) is 0 Å². The van der Waals surface area contributed by atoms with Gasteiger partial charge in [0, 0.05) is 12.3 Å².